The molecule has 3 heteroatoms. The molecule has 0 heterocycles. The Balaban J connectivity index is 4.07. The van der Waals surface area contributed by atoms with Crippen LogP contribution < -0.4 is 11.1 Å². The monoisotopic (exact) mass is 242 g/mol. The summed E-state index contributed by atoms with van der Waals surface area (Å²) >= 11 is 0. The zero-order chi connectivity index (χ0) is 13.7. The SMILES string of the molecule is CC(C)CC(C)(C)CNC(=O)CC(C)(C)CN. The number of nitrogens with one attached hydrogen (secondary N) is 1. The summed E-state index contributed by atoms with van der Waals surface area (Å²) in [7, 11) is 0. The van der Waals surface area contributed by atoms with Crippen LogP contribution >= 0.6 is 0 Å². The lowest BCUT2D eigenvalue weighted by molar-refractivity contribution is -0.123. The summed E-state index contributed by atoms with van der Waals surface area (Å²) in [4.78, 5) is 11.8. The molecule has 0 radical (unpaired) electrons. The topological polar surface area (TPSA) is 55.1 Å². The van der Waals surface area contributed by atoms with Crippen molar-refractivity contribution < 1.29 is 4.79 Å². The van der Waals surface area contributed by atoms with Crippen LogP contribution in [0.3, 0.4) is 0 Å². The molecule has 0 unspecified atom stereocenters. The standard InChI is InChI=1S/C14H30N2O/c1-11(2)7-14(5,6)10-16-12(17)8-13(3,4)9-15/h11H,7-10,15H2,1-6H3,(H,16,17). The first kappa shape index (κ1) is 16.4. The molecule has 17 heavy (non-hydrogen) atoms. The Morgan fingerprint density at radius 1 is 1.18 bits per heavy atom. The minimum Gasteiger partial charge on any atom is -0.356 e. The van der Waals surface area contributed by atoms with Gasteiger partial charge in [-0.15, -0.1) is 0 Å². The quantitative estimate of drug-likeness (QED) is 0.721. The number of carbonyl (C=O) groups excluding carboxylic acids is 1. The van der Waals surface area contributed by atoms with E-state index >= 15 is 0 Å². The predicted molar refractivity (Wildman–Crippen MR) is 73.7 cm³/mol. The highest BCUT2D eigenvalue weighted by Crippen LogP contribution is 2.24. The van der Waals surface area contributed by atoms with Gasteiger partial charge in [-0.2, -0.15) is 0 Å². The first-order chi connectivity index (χ1) is 7.58. The second-order valence-electron chi connectivity index (χ2n) is 7.08. The van der Waals surface area contributed by atoms with E-state index in [-0.39, 0.29) is 16.7 Å². The van der Waals surface area contributed by atoms with Gasteiger partial charge in [-0.1, -0.05) is 41.5 Å². The molecular weight excluding hydrogens is 212 g/mol. The lowest BCUT2D eigenvalue weighted by atomic mass is 9.83. The van der Waals surface area contributed by atoms with Gasteiger partial charge < -0.3 is 11.1 Å². The molecule has 0 aromatic carbocycles. The summed E-state index contributed by atoms with van der Waals surface area (Å²) in [6.45, 7) is 14.1. The lowest BCUT2D eigenvalue weighted by Gasteiger charge is -2.28. The molecular formula is C14H30N2O. The van der Waals surface area contributed by atoms with E-state index in [0.717, 1.165) is 13.0 Å². The van der Waals surface area contributed by atoms with Crippen LogP contribution in [0.25, 0.3) is 0 Å². The first-order valence-corrected chi connectivity index (χ1v) is 6.55. The highest BCUT2D eigenvalue weighted by Gasteiger charge is 2.23. The van der Waals surface area contributed by atoms with Crippen LogP contribution in [0.15, 0.2) is 0 Å². The van der Waals surface area contributed by atoms with E-state index in [1.807, 2.05) is 13.8 Å². The zero-order valence-electron chi connectivity index (χ0n) is 12.4. The number of amides is 1. The van der Waals surface area contributed by atoms with Crippen LogP contribution in [-0.2, 0) is 4.79 Å². The van der Waals surface area contributed by atoms with Crippen molar-refractivity contribution in [3.05, 3.63) is 0 Å². The molecule has 1 amide bonds. The van der Waals surface area contributed by atoms with Gasteiger partial charge in [0.05, 0.1) is 0 Å². The summed E-state index contributed by atoms with van der Waals surface area (Å²) in [5.41, 5.74) is 5.68. The van der Waals surface area contributed by atoms with Gasteiger partial charge in [0, 0.05) is 13.0 Å². The maximum atomic E-state index is 11.8. The molecule has 3 N–H and O–H groups in total. The third-order valence-electron chi connectivity index (χ3n) is 2.92. The number of carbonyl (C=O) groups is 1. The Hall–Kier alpha value is -0.570. The van der Waals surface area contributed by atoms with E-state index in [0.29, 0.717) is 18.9 Å². The normalized spacial score (nSPS) is 12.9. The van der Waals surface area contributed by atoms with E-state index in [1.165, 1.54) is 0 Å². The van der Waals surface area contributed by atoms with Gasteiger partial charge in [0.1, 0.15) is 0 Å². The van der Waals surface area contributed by atoms with Gasteiger partial charge in [0.25, 0.3) is 0 Å². The molecule has 0 aliphatic heterocycles. The van der Waals surface area contributed by atoms with Gasteiger partial charge in [0.2, 0.25) is 5.91 Å². The molecule has 0 saturated heterocycles. The van der Waals surface area contributed by atoms with Crippen molar-refractivity contribution in [3.8, 4) is 0 Å². The van der Waals surface area contributed by atoms with E-state index in [4.69, 9.17) is 5.73 Å². The average molecular weight is 242 g/mol. The molecule has 0 saturated carbocycles. The first-order valence-electron chi connectivity index (χ1n) is 6.55. The van der Waals surface area contributed by atoms with E-state index in [1.54, 1.807) is 0 Å². The summed E-state index contributed by atoms with van der Waals surface area (Å²) in [6.07, 6.45) is 1.62. The van der Waals surface area contributed by atoms with Gasteiger partial charge in [-0.3, -0.25) is 4.79 Å². The molecule has 0 fully saturated rings. The van der Waals surface area contributed by atoms with Gasteiger partial charge in [-0.25, -0.2) is 0 Å². The molecule has 102 valence electrons. The van der Waals surface area contributed by atoms with Gasteiger partial charge >= 0.3 is 0 Å². The largest absolute Gasteiger partial charge is 0.356 e. The highest BCUT2D eigenvalue weighted by atomic mass is 16.1. The minimum absolute atomic E-state index is 0.105. The van der Waals surface area contributed by atoms with Crippen molar-refractivity contribution in [2.24, 2.45) is 22.5 Å². The summed E-state index contributed by atoms with van der Waals surface area (Å²) in [6, 6.07) is 0. The fraction of sp³-hybridized carbons (Fsp3) is 0.929. The Morgan fingerprint density at radius 3 is 2.12 bits per heavy atom. The van der Waals surface area contributed by atoms with Crippen LogP contribution in [0.2, 0.25) is 0 Å². The summed E-state index contributed by atoms with van der Waals surface area (Å²) < 4.78 is 0. The lowest BCUT2D eigenvalue weighted by Crippen LogP contribution is -2.38. The molecule has 0 aliphatic rings. The van der Waals surface area contributed by atoms with Crippen molar-refractivity contribution in [3.63, 3.8) is 0 Å². The molecule has 0 aromatic heterocycles. The average Bonchev–Trinajstić information content (AvgIpc) is 2.12. The molecule has 3 nitrogen and oxygen atoms in total. The van der Waals surface area contributed by atoms with Crippen LogP contribution in [0.5, 0.6) is 0 Å². The van der Waals surface area contributed by atoms with E-state index < -0.39 is 0 Å². The van der Waals surface area contributed by atoms with Crippen LogP contribution in [0.4, 0.5) is 0 Å². The van der Waals surface area contributed by atoms with Crippen molar-refractivity contribution in [2.75, 3.05) is 13.1 Å². The van der Waals surface area contributed by atoms with Crippen LogP contribution in [0, 0.1) is 16.7 Å². The van der Waals surface area contributed by atoms with Gasteiger partial charge in [0.15, 0.2) is 0 Å². The van der Waals surface area contributed by atoms with E-state index in [9.17, 15) is 4.79 Å². The van der Waals surface area contributed by atoms with Crippen molar-refractivity contribution >= 4 is 5.91 Å². The molecule has 0 aromatic rings. The third-order valence-corrected chi connectivity index (χ3v) is 2.92. The maximum absolute atomic E-state index is 11.8. The number of hydrogen-bond acceptors (Lipinski definition) is 2. The maximum Gasteiger partial charge on any atom is 0.220 e. The number of rotatable bonds is 7. The second kappa shape index (κ2) is 6.39. The molecule has 0 aliphatic carbocycles. The Kier molecular flexibility index (Phi) is 6.17. The van der Waals surface area contributed by atoms with Crippen molar-refractivity contribution in [1.29, 1.82) is 0 Å². The predicted octanol–water partition coefficient (Wildman–Crippen LogP) is 2.55. The molecule has 0 spiro atoms. The zero-order valence-corrected chi connectivity index (χ0v) is 12.4. The van der Waals surface area contributed by atoms with Crippen molar-refractivity contribution in [1.82, 2.24) is 5.32 Å². The Bertz CT molecular complexity index is 245. The van der Waals surface area contributed by atoms with Crippen LogP contribution in [0.1, 0.15) is 54.4 Å². The van der Waals surface area contributed by atoms with E-state index in [2.05, 4.69) is 33.0 Å². The molecule has 0 rings (SSSR count). The second-order valence-corrected chi connectivity index (χ2v) is 7.08. The summed E-state index contributed by atoms with van der Waals surface area (Å²) in [5.74, 6) is 0.764. The highest BCUT2D eigenvalue weighted by molar-refractivity contribution is 5.76. The Labute approximate surface area is 107 Å². The summed E-state index contributed by atoms with van der Waals surface area (Å²) in [5, 5.41) is 3.02. The fourth-order valence-electron chi connectivity index (χ4n) is 2.08. The number of hydrogen-bond donors (Lipinski definition) is 2. The minimum atomic E-state index is -0.105. The third kappa shape index (κ3) is 8.19. The molecule has 0 bridgehead atoms. The Morgan fingerprint density at radius 2 is 1.71 bits per heavy atom. The van der Waals surface area contributed by atoms with Crippen molar-refractivity contribution in [2.45, 2.75) is 54.4 Å². The smallest absolute Gasteiger partial charge is 0.220 e. The molecule has 0 atom stereocenters. The van der Waals surface area contributed by atoms with Gasteiger partial charge in [-0.05, 0) is 29.7 Å². The number of nitrogens with two attached hydrogens (primary N) is 1. The van der Waals surface area contributed by atoms with Crippen LogP contribution in [-0.4, -0.2) is 19.0 Å². The fourth-order valence-corrected chi connectivity index (χ4v) is 2.08.